The van der Waals surface area contributed by atoms with Gasteiger partial charge in [0.25, 0.3) is 5.91 Å². The van der Waals surface area contributed by atoms with Crippen molar-refractivity contribution in [3.63, 3.8) is 0 Å². The number of amides is 1. The van der Waals surface area contributed by atoms with Crippen LogP contribution >= 0.6 is 15.9 Å². The number of hydrogen-bond donors (Lipinski definition) is 1. The standard InChI is InChI=1S/C23H27BrN6O2/c1-15-20-12-17(27-21(31)14-32-19-6-4-16(24)5-7-19)13-25-22(20)28-23(26-15)30-10-8-18(9-11-30)29(2)3/h4-7,12-13,18H,8-11,14H2,1-3H3,(H,27,31). The van der Waals surface area contributed by atoms with Crippen LogP contribution in [0.2, 0.25) is 0 Å². The summed E-state index contributed by atoms with van der Waals surface area (Å²) in [4.78, 5) is 30.7. The quantitative estimate of drug-likeness (QED) is 0.555. The lowest BCUT2D eigenvalue weighted by atomic mass is 10.0. The molecule has 3 heterocycles. The highest BCUT2D eigenvalue weighted by atomic mass is 79.9. The van der Waals surface area contributed by atoms with Gasteiger partial charge in [-0.25, -0.2) is 9.97 Å². The molecule has 0 spiro atoms. The molecule has 1 aliphatic heterocycles. The molecule has 0 aliphatic carbocycles. The second-order valence-electron chi connectivity index (χ2n) is 8.18. The van der Waals surface area contributed by atoms with Crippen molar-refractivity contribution >= 4 is 44.5 Å². The topological polar surface area (TPSA) is 83.5 Å². The molecule has 2 aromatic heterocycles. The van der Waals surface area contributed by atoms with Gasteiger partial charge in [0.05, 0.1) is 17.6 Å². The fraction of sp³-hybridized carbons (Fsp3) is 0.391. The second kappa shape index (κ2) is 9.79. The molecule has 0 saturated carbocycles. The molecule has 168 valence electrons. The first-order valence-electron chi connectivity index (χ1n) is 10.6. The second-order valence-corrected chi connectivity index (χ2v) is 9.09. The number of benzene rings is 1. The van der Waals surface area contributed by atoms with Crippen LogP contribution in [0, 0.1) is 6.92 Å². The van der Waals surface area contributed by atoms with Gasteiger partial charge in [0.15, 0.2) is 12.3 Å². The monoisotopic (exact) mass is 498 g/mol. The maximum absolute atomic E-state index is 12.3. The Bertz CT molecular complexity index is 1100. The summed E-state index contributed by atoms with van der Waals surface area (Å²) in [6.45, 7) is 3.72. The van der Waals surface area contributed by atoms with Gasteiger partial charge < -0.3 is 19.9 Å². The molecule has 3 aromatic rings. The van der Waals surface area contributed by atoms with E-state index >= 15 is 0 Å². The molecule has 1 N–H and O–H groups in total. The van der Waals surface area contributed by atoms with Crippen molar-refractivity contribution < 1.29 is 9.53 Å². The number of fused-ring (bicyclic) bond motifs is 1. The molecule has 32 heavy (non-hydrogen) atoms. The van der Waals surface area contributed by atoms with Crippen molar-refractivity contribution in [1.82, 2.24) is 19.9 Å². The van der Waals surface area contributed by atoms with E-state index in [0.29, 0.717) is 23.1 Å². The number of aromatic nitrogens is 3. The summed E-state index contributed by atoms with van der Waals surface area (Å²) in [5.74, 6) is 1.10. The Morgan fingerprint density at radius 1 is 1.22 bits per heavy atom. The molecular weight excluding hydrogens is 472 g/mol. The summed E-state index contributed by atoms with van der Waals surface area (Å²) in [6, 6.07) is 9.79. The van der Waals surface area contributed by atoms with E-state index in [0.717, 1.165) is 47.4 Å². The van der Waals surface area contributed by atoms with E-state index in [4.69, 9.17) is 9.72 Å². The average molecular weight is 499 g/mol. The molecule has 0 bridgehead atoms. The lowest BCUT2D eigenvalue weighted by Crippen LogP contribution is -2.42. The molecule has 0 unspecified atom stereocenters. The first kappa shape index (κ1) is 22.4. The third-order valence-electron chi connectivity index (χ3n) is 5.68. The van der Waals surface area contributed by atoms with Crippen LogP contribution < -0.4 is 15.0 Å². The fourth-order valence-electron chi connectivity index (χ4n) is 3.81. The lowest BCUT2D eigenvalue weighted by Gasteiger charge is -2.35. The Morgan fingerprint density at radius 2 is 1.94 bits per heavy atom. The van der Waals surface area contributed by atoms with E-state index in [1.165, 1.54) is 0 Å². The van der Waals surface area contributed by atoms with Crippen LogP contribution in [0.3, 0.4) is 0 Å². The highest BCUT2D eigenvalue weighted by Crippen LogP contribution is 2.24. The van der Waals surface area contributed by atoms with Gasteiger partial charge >= 0.3 is 0 Å². The fourth-order valence-corrected chi connectivity index (χ4v) is 4.08. The van der Waals surface area contributed by atoms with Gasteiger partial charge in [-0.2, -0.15) is 4.98 Å². The zero-order chi connectivity index (χ0) is 22.7. The average Bonchev–Trinajstić information content (AvgIpc) is 2.79. The van der Waals surface area contributed by atoms with Crippen LogP contribution in [-0.2, 0) is 4.79 Å². The molecule has 8 nitrogen and oxygen atoms in total. The van der Waals surface area contributed by atoms with Crippen LogP contribution in [0.25, 0.3) is 11.0 Å². The van der Waals surface area contributed by atoms with Gasteiger partial charge in [-0.15, -0.1) is 0 Å². The van der Waals surface area contributed by atoms with Crippen LogP contribution in [0.5, 0.6) is 5.75 Å². The molecule has 1 amide bonds. The third kappa shape index (κ3) is 5.34. The van der Waals surface area contributed by atoms with Gasteiger partial charge in [-0.1, -0.05) is 15.9 Å². The molecule has 0 atom stereocenters. The van der Waals surface area contributed by atoms with Gasteiger partial charge in [-0.3, -0.25) is 4.79 Å². The van der Waals surface area contributed by atoms with E-state index in [-0.39, 0.29) is 12.5 Å². The zero-order valence-electron chi connectivity index (χ0n) is 18.5. The number of piperidine rings is 1. The Kier molecular flexibility index (Phi) is 6.86. The predicted octanol–water partition coefficient (Wildman–Crippen LogP) is 3.64. The summed E-state index contributed by atoms with van der Waals surface area (Å²) < 4.78 is 6.48. The van der Waals surface area contributed by atoms with Crippen molar-refractivity contribution in [2.75, 3.05) is 44.0 Å². The minimum atomic E-state index is -0.256. The number of nitrogens with zero attached hydrogens (tertiary/aromatic N) is 5. The number of nitrogens with one attached hydrogen (secondary N) is 1. The minimum absolute atomic E-state index is 0.0863. The SMILES string of the molecule is Cc1nc(N2CCC(N(C)C)CC2)nc2ncc(NC(=O)COc3ccc(Br)cc3)cc12. The number of rotatable bonds is 6. The Labute approximate surface area is 196 Å². The molecule has 4 rings (SSSR count). The first-order valence-corrected chi connectivity index (χ1v) is 11.4. The molecule has 1 aliphatic rings. The summed E-state index contributed by atoms with van der Waals surface area (Å²) in [6.07, 6.45) is 3.80. The summed E-state index contributed by atoms with van der Waals surface area (Å²) in [5, 5.41) is 3.65. The molecule has 0 radical (unpaired) electrons. The first-order chi connectivity index (χ1) is 15.4. The van der Waals surface area contributed by atoms with E-state index in [2.05, 4.69) is 55.1 Å². The molecule has 1 fully saturated rings. The lowest BCUT2D eigenvalue weighted by molar-refractivity contribution is -0.118. The number of carbonyl (C=O) groups is 1. The highest BCUT2D eigenvalue weighted by molar-refractivity contribution is 9.10. The normalized spacial score (nSPS) is 14.7. The predicted molar refractivity (Wildman–Crippen MR) is 129 cm³/mol. The number of halogens is 1. The van der Waals surface area contributed by atoms with Crippen LogP contribution in [0.15, 0.2) is 41.0 Å². The Balaban J connectivity index is 1.41. The molecular formula is C23H27BrN6O2. The van der Waals surface area contributed by atoms with Gasteiger partial charge in [0, 0.05) is 29.0 Å². The maximum Gasteiger partial charge on any atom is 0.262 e. The zero-order valence-corrected chi connectivity index (χ0v) is 20.1. The summed E-state index contributed by atoms with van der Waals surface area (Å²) >= 11 is 3.37. The van der Waals surface area contributed by atoms with E-state index < -0.39 is 0 Å². The van der Waals surface area contributed by atoms with E-state index in [1.807, 2.05) is 25.1 Å². The molecule has 1 aromatic carbocycles. The van der Waals surface area contributed by atoms with Crippen molar-refractivity contribution in [1.29, 1.82) is 0 Å². The van der Waals surface area contributed by atoms with Gasteiger partial charge in [0.1, 0.15) is 5.75 Å². The maximum atomic E-state index is 12.3. The number of ether oxygens (including phenoxy) is 1. The number of hydrogen-bond acceptors (Lipinski definition) is 7. The third-order valence-corrected chi connectivity index (χ3v) is 6.20. The smallest absolute Gasteiger partial charge is 0.262 e. The highest BCUT2D eigenvalue weighted by Gasteiger charge is 2.23. The van der Waals surface area contributed by atoms with Crippen molar-refractivity contribution in [3.8, 4) is 5.75 Å². The van der Waals surface area contributed by atoms with Crippen LogP contribution in [0.4, 0.5) is 11.6 Å². The minimum Gasteiger partial charge on any atom is -0.484 e. The largest absolute Gasteiger partial charge is 0.484 e. The number of anilines is 2. The van der Waals surface area contributed by atoms with Gasteiger partial charge in [-0.05, 0) is 64.2 Å². The number of carbonyl (C=O) groups excluding carboxylic acids is 1. The van der Waals surface area contributed by atoms with Crippen molar-refractivity contribution in [2.45, 2.75) is 25.8 Å². The van der Waals surface area contributed by atoms with Crippen LogP contribution in [-0.4, -0.2) is 65.6 Å². The van der Waals surface area contributed by atoms with E-state index in [1.54, 1.807) is 18.3 Å². The molecule has 1 saturated heterocycles. The number of aryl methyl sites for hydroxylation is 1. The van der Waals surface area contributed by atoms with Gasteiger partial charge in [0.2, 0.25) is 5.95 Å². The summed E-state index contributed by atoms with van der Waals surface area (Å²) in [5.41, 5.74) is 2.06. The Morgan fingerprint density at radius 3 is 2.62 bits per heavy atom. The summed E-state index contributed by atoms with van der Waals surface area (Å²) in [7, 11) is 4.26. The van der Waals surface area contributed by atoms with Crippen molar-refractivity contribution in [2.24, 2.45) is 0 Å². The molecule has 9 heteroatoms. The van der Waals surface area contributed by atoms with Crippen molar-refractivity contribution in [3.05, 3.63) is 46.7 Å². The van der Waals surface area contributed by atoms with Crippen LogP contribution in [0.1, 0.15) is 18.5 Å². The Hall–Kier alpha value is -2.78. The number of pyridine rings is 1. The van der Waals surface area contributed by atoms with E-state index in [9.17, 15) is 4.79 Å².